The van der Waals surface area contributed by atoms with Gasteiger partial charge in [0.05, 0.1) is 0 Å². The maximum absolute atomic E-state index is 3.75. The minimum Gasteiger partial charge on any atom is -0.309 e. The summed E-state index contributed by atoms with van der Waals surface area (Å²) >= 11 is 0. The van der Waals surface area contributed by atoms with Crippen molar-refractivity contribution in [3.8, 4) is 0 Å². The first-order chi connectivity index (χ1) is 5.57. The van der Waals surface area contributed by atoms with E-state index in [0.29, 0.717) is 11.6 Å². The Morgan fingerprint density at radius 1 is 1.42 bits per heavy atom. The molecule has 0 aromatic rings. The monoisotopic (exact) mass is 169 g/mol. The van der Waals surface area contributed by atoms with Crippen LogP contribution in [-0.2, 0) is 0 Å². The lowest BCUT2D eigenvalue weighted by molar-refractivity contribution is 0.286. The van der Waals surface area contributed by atoms with E-state index in [1.807, 2.05) is 0 Å². The summed E-state index contributed by atoms with van der Waals surface area (Å²) in [6.45, 7) is 9.33. The molecule has 0 saturated carbocycles. The second-order valence-electron chi connectivity index (χ2n) is 4.72. The van der Waals surface area contributed by atoms with E-state index in [1.54, 1.807) is 0 Å². The highest BCUT2D eigenvalue weighted by Gasteiger charge is 2.28. The quantitative estimate of drug-likeness (QED) is 0.636. The molecule has 0 amide bonds. The van der Waals surface area contributed by atoms with Crippen molar-refractivity contribution in [1.82, 2.24) is 5.32 Å². The number of nitrogens with one attached hydrogen (secondary N) is 1. The summed E-state index contributed by atoms with van der Waals surface area (Å²) < 4.78 is 0. The van der Waals surface area contributed by atoms with E-state index in [1.165, 1.54) is 25.7 Å². The first-order valence-corrected chi connectivity index (χ1v) is 5.35. The summed E-state index contributed by atoms with van der Waals surface area (Å²) in [5.41, 5.74) is 0.407. The molecule has 1 aliphatic heterocycles. The molecule has 12 heavy (non-hydrogen) atoms. The zero-order valence-electron chi connectivity index (χ0n) is 8.98. The van der Waals surface area contributed by atoms with E-state index in [0.717, 1.165) is 5.92 Å². The predicted octanol–water partition coefficient (Wildman–Crippen LogP) is 2.95. The Morgan fingerprint density at radius 2 is 2.08 bits per heavy atom. The van der Waals surface area contributed by atoms with Gasteiger partial charge < -0.3 is 5.32 Å². The van der Waals surface area contributed by atoms with Crippen LogP contribution in [0.5, 0.6) is 0 Å². The molecule has 1 N–H and O–H groups in total. The minimum atomic E-state index is 0.407. The predicted molar refractivity (Wildman–Crippen MR) is 54.3 cm³/mol. The normalized spacial score (nSPS) is 44.0. The second kappa shape index (κ2) is 3.78. The van der Waals surface area contributed by atoms with Gasteiger partial charge in [-0.2, -0.15) is 0 Å². The van der Waals surface area contributed by atoms with Gasteiger partial charge in [-0.1, -0.05) is 20.3 Å². The van der Waals surface area contributed by atoms with Crippen molar-refractivity contribution in [1.29, 1.82) is 0 Å². The van der Waals surface area contributed by atoms with Crippen LogP contribution in [0.2, 0.25) is 0 Å². The van der Waals surface area contributed by atoms with Crippen LogP contribution < -0.4 is 5.32 Å². The molecule has 0 aliphatic carbocycles. The Morgan fingerprint density at radius 3 is 2.67 bits per heavy atom. The van der Waals surface area contributed by atoms with Gasteiger partial charge in [0.25, 0.3) is 0 Å². The largest absolute Gasteiger partial charge is 0.309 e. The Balaban J connectivity index is 2.59. The highest BCUT2D eigenvalue weighted by atomic mass is 15.0. The van der Waals surface area contributed by atoms with Crippen molar-refractivity contribution >= 4 is 0 Å². The average Bonchev–Trinajstić information content (AvgIpc) is 2.14. The third kappa shape index (κ3) is 2.22. The Hall–Kier alpha value is -0.0400. The standard InChI is InChI=1S/C11H23N/c1-5-11(4)8-6-7-9(2)10(3)12-11/h9-10,12H,5-8H2,1-4H3. The van der Waals surface area contributed by atoms with Gasteiger partial charge in [0.1, 0.15) is 0 Å². The lowest BCUT2D eigenvalue weighted by Gasteiger charge is -2.31. The summed E-state index contributed by atoms with van der Waals surface area (Å²) in [6.07, 6.45) is 5.38. The van der Waals surface area contributed by atoms with E-state index in [-0.39, 0.29) is 0 Å². The van der Waals surface area contributed by atoms with Gasteiger partial charge >= 0.3 is 0 Å². The van der Waals surface area contributed by atoms with Crippen molar-refractivity contribution in [3.05, 3.63) is 0 Å². The molecule has 0 aromatic heterocycles. The van der Waals surface area contributed by atoms with Crippen LogP contribution in [0.4, 0.5) is 0 Å². The second-order valence-corrected chi connectivity index (χ2v) is 4.72. The number of rotatable bonds is 1. The molecule has 0 bridgehead atoms. The van der Waals surface area contributed by atoms with Gasteiger partial charge in [0.15, 0.2) is 0 Å². The van der Waals surface area contributed by atoms with E-state index in [2.05, 4.69) is 33.0 Å². The molecule has 1 nitrogen and oxygen atoms in total. The molecule has 1 rings (SSSR count). The number of hydrogen-bond donors (Lipinski definition) is 1. The molecule has 0 radical (unpaired) electrons. The molecule has 0 aromatic carbocycles. The van der Waals surface area contributed by atoms with Crippen LogP contribution in [0.15, 0.2) is 0 Å². The molecule has 3 unspecified atom stereocenters. The number of hydrogen-bond acceptors (Lipinski definition) is 1. The summed E-state index contributed by atoms with van der Waals surface area (Å²) in [7, 11) is 0. The summed E-state index contributed by atoms with van der Waals surface area (Å²) in [6, 6.07) is 0.692. The third-order valence-electron chi connectivity index (χ3n) is 3.60. The SMILES string of the molecule is CCC1(C)CCCC(C)C(C)N1. The van der Waals surface area contributed by atoms with Gasteiger partial charge in [-0.25, -0.2) is 0 Å². The van der Waals surface area contributed by atoms with Crippen molar-refractivity contribution < 1.29 is 0 Å². The molecule has 0 spiro atoms. The maximum Gasteiger partial charge on any atom is 0.0153 e. The van der Waals surface area contributed by atoms with Gasteiger partial charge in [-0.05, 0) is 39.0 Å². The van der Waals surface area contributed by atoms with Crippen LogP contribution in [0.25, 0.3) is 0 Å². The van der Waals surface area contributed by atoms with Crippen molar-refractivity contribution in [3.63, 3.8) is 0 Å². The first kappa shape index (κ1) is 10.0. The van der Waals surface area contributed by atoms with E-state index < -0.39 is 0 Å². The maximum atomic E-state index is 3.75. The van der Waals surface area contributed by atoms with E-state index >= 15 is 0 Å². The fourth-order valence-electron chi connectivity index (χ4n) is 2.11. The van der Waals surface area contributed by atoms with Crippen LogP contribution in [0.3, 0.4) is 0 Å². The zero-order valence-corrected chi connectivity index (χ0v) is 8.98. The van der Waals surface area contributed by atoms with Crippen molar-refractivity contribution in [2.75, 3.05) is 0 Å². The Labute approximate surface area is 76.9 Å². The van der Waals surface area contributed by atoms with Crippen molar-refractivity contribution in [2.45, 2.75) is 65.0 Å². The van der Waals surface area contributed by atoms with Crippen LogP contribution in [0.1, 0.15) is 53.4 Å². The molecule has 72 valence electrons. The molecule has 1 heteroatoms. The lowest BCUT2D eigenvalue weighted by atomic mass is 9.93. The fraction of sp³-hybridized carbons (Fsp3) is 1.00. The highest BCUT2D eigenvalue weighted by Crippen LogP contribution is 2.26. The topological polar surface area (TPSA) is 12.0 Å². The van der Waals surface area contributed by atoms with Crippen LogP contribution in [0, 0.1) is 5.92 Å². The average molecular weight is 169 g/mol. The van der Waals surface area contributed by atoms with Gasteiger partial charge in [0, 0.05) is 11.6 Å². The summed E-state index contributed by atoms with van der Waals surface area (Å²) in [4.78, 5) is 0. The highest BCUT2D eigenvalue weighted by molar-refractivity contribution is 4.88. The van der Waals surface area contributed by atoms with Crippen LogP contribution >= 0.6 is 0 Å². The van der Waals surface area contributed by atoms with Gasteiger partial charge in [-0.15, -0.1) is 0 Å². The Kier molecular flexibility index (Phi) is 3.16. The molecule has 1 heterocycles. The molecule has 1 saturated heterocycles. The summed E-state index contributed by atoms with van der Waals surface area (Å²) in [5.74, 6) is 0.846. The van der Waals surface area contributed by atoms with Gasteiger partial charge in [0.2, 0.25) is 0 Å². The lowest BCUT2D eigenvalue weighted by Crippen LogP contribution is -2.46. The van der Waals surface area contributed by atoms with Crippen LogP contribution in [-0.4, -0.2) is 11.6 Å². The van der Waals surface area contributed by atoms with Crippen molar-refractivity contribution in [2.24, 2.45) is 5.92 Å². The molecular weight excluding hydrogens is 146 g/mol. The fourth-order valence-corrected chi connectivity index (χ4v) is 2.11. The molecular formula is C11H23N. The summed E-state index contributed by atoms with van der Waals surface area (Å²) in [5, 5.41) is 3.75. The third-order valence-corrected chi connectivity index (χ3v) is 3.60. The zero-order chi connectivity index (χ0) is 9.19. The first-order valence-electron chi connectivity index (χ1n) is 5.35. The smallest absolute Gasteiger partial charge is 0.0153 e. The van der Waals surface area contributed by atoms with E-state index in [9.17, 15) is 0 Å². The van der Waals surface area contributed by atoms with Gasteiger partial charge in [-0.3, -0.25) is 0 Å². The molecule has 1 fully saturated rings. The minimum absolute atomic E-state index is 0.407. The molecule has 3 atom stereocenters. The Bertz CT molecular complexity index is 144. The van der Waals surface area contributed by atoms with E-state index in [4.69, 9.17) is 0 Å². The molecule has 1 aliphatic rings.